The van der Waals surface area contributed by atoms with Crippen molar-refractivity contribution in [2.24, 2.45) is 5.73 Å². The SMILES string of the molecule is CCc1cccc(NC(=O)C2(N)CCC2)c1.Cl. The van der Waals surface area contributed by atoms with Gasteiger partial charge in [-0.1, -0.05) is 19.1 Å². The van der Waals surface area contributed by atoms with Gasteiger partial charge in [0.15, 0.2) is 0 Å². The maximum absolute atomic E-state index is 11.9. The zero-order chi connectivity index (χ0) is 11.6. The van der Waals surface area contributed by atoms with E-state index in [4.69, 9.17) is 5.73 Å². The number of carbonyl (C=O) groups is 1. The Morgan fingerprint density at radius 2 is 2.18 bits per heavy atom. The molecule has 1 aromatic rings. The number of hydrogen-bond acceptors (Lipinski definition) is 2. The predicted molar refractivity (Wildman–Crippen MR) is 72.5 cm³/mol. The lowest BCUT2D eigenvalue weighted by molar-refractivity contribution is -0.123. The zero-order valence-corrected chi connectivity index (χ0v) is 10.8. The van der Waals surface area contributed by atoms with Crippen LogP contribution in [-0.2, 0) is 11.2 Å². The van der Waals surface area contributed by atoms with E-state index in [2.05, 4.69) is 18.3 Å². The summed E-state index contributed by atoms with van der Waals surface area (Å²) in [4.78, 5) is 11.9. The Balaban J connectivity index is 0.00000144. The van der Waals surface area contributed by atoms with Crippen LogP contribution >= 0.6 is 12.4 Å². The highest BCUT2D eigenvalue weighted by Crippen LogP contribution is 2.30. The molecule has 94 valence electrons. The largest absolute Gasteiger partial charge is 0.324 e. The molecule has 0 unspecified atom stereocenters. The van der Waals surface area contributed by atoms with Crippen LogP contribution in [0.1, 0.15) is 31.7 Å². The van der Waals surface area contributed by atoms with E-state index in [1.807, 2.05) is 18.2 Å². The van der Waals surface area contributed by atoms with E-state index in [0.717, 1.165) is 31.4 Å². The maximum Gasteiger partial charge on any atom is 0.244 e. The molecule has 0 saturated heterocycles. The molecule has 1 aliphatic rings. The lowest BCUT2D eigenvalue weighted by Gasteiger charge is -2.36. The summed E-state index contributed by atoms with van der Waals surface area (Å²) >= 11 is 0. The molecule has 3 N–H and O–H groups in total. The Labute approximate surface area is 108 Å². The average molecular weight is 255 g/mol. The van der Waals surface area contributed by atoms with Crippen molar-refractivity contribution in [1.29, 1.82) is 0 Å². The Morgan fingerprint density at radius 3 is 2.71 bits per heavy atom. The first kappa shape index (κ1) is 14.0. The van der Waals surface area contributed by atoms with Crippen LogP contribution in [0.4, 0.5) is 5.69 Å². The van der Waals surface area contributed by atoms with Crippen molar-refractivity contribution in [1.82, 2.24) is 0 Å². The molecule has 1 amide bonds. The molecule has 4 heteroatoms. The molecule has 17 heavy (non-hydrogen) atoms. The number of aryl methyl sites for hydroxylation is 1. The maximum atomic E-state index is 11.9. The average Bonchev–Trinajstić information content (AvgIpc) is 2.26. The van der Waals surface area contributed by atoms with Crippen molar-refractivity contribution >= 4 is 24.0 Å². The van der Waals surface area contributed by atoms with E-state index >= 15 is 0 Å². The number of hydrogen-bond donors (Lipinski definition) is 2. The Hall–Kier alpha value is -1.06. The second-order valence-electron chi connectivity index (χ2n) is 4.52. The van der Waals surface area contributed by atoms with E-state index in [0.29, 0.717) is 0 Å². The molecule has 0 aromatic heterocycles. The van der Waals surface area contributed by atoms with E-state index < -0.39 is 5.54 Å². The fourth-order valence-electron chi connectivity index (χ4n) is 1.91. The summed E-state index contributed by atoms with van der Waals surface area (Å²) in [6.07, 6.45) is 3.62. The van der Waals surface area contributed by atoms with Crippen molar-refractivity contribution in [2.75, 3.05) is 5.32 Å². The smallest absolute Gasteiger partial charge is 0.244 e. The van der Waals surface area contributed by atoms with Crippen LogP contribution in [0.3, 0.4) is 0 Å². The molecular weight excluding hydrogens is 236 g/mol. The Bertz CT molecular complexity index is 402. The number of nitrogens with one attached hydrogen (secondary N) is 1. The molecule has 3 nitrogen and oxygen atoms in total. The van der Waals surface area contributed by atoms with Crippen molar-refractivity contribution in [3.63, 3.8) is 0 Å². The lowest BCUT2D eigenvalue weighted by atomic mass is 9.77. The minimum atomic E-state index is -0.623. The number of amides is 1. The number of benzene rings is 1. The van der Waals surface area contributed by atoms with Gasteiger partial charge in [-0.15, -0.1) is 12.4 Å². The van der Waals surface area contributed by atoms with Gasteiger partial charge in [-0.25, -0.2) is 0 Å². The topological polar surface area (TPSA) is 55.1 Å². The van der Waals surface area contributed by atoms with Gasteiger partial charge in [0.25, 0.3) is 0 Å². The molecule has 1 aromatic carbocycles. The third-order valence-corrected chi connectivity index (χ3v) is 3.29. The van der Waals surface area contributed by atoms with Crippen LogP contribution in [0.15, 0.2) is 24.3 Å². The third kappa shape index (κ3) is 2.99. The van der Waals surface area contributed by atoms with Crippen LogP contribution < -0.4 is 11.1 Å². The number of nitrogens with two attached hydrogens (primary N) is 1. The van der Waals surface area contributed by atoms with Gasteiger partial charge < -0.3 is 11.1 Å². The molecule has 0 spiro atoms. The van der Waals surface area contributed by atoms with Gasteiger partial charge in [0.2, 0.25) is 5.91 Å². The summed E-state index contributed by atoms with van der Waals surface area (Å²) < 4.78 is 0. The Morgan fingerprint density at radius 1 is 1.47 bits per heavy atom. The first-order valence-electron chi connectivity index (χ1n) is 5.83. The summed E-state index contributed by atoms with van der Waals surface area (Å²) in [6, 6.07) is 7.91. The van der Waals surface area contributed by atoms with Gasteiger partial charge >= 0.3 is 0 Å². The standard InChI is InChI=1S/C13H18N2O.ClH/c1-2-10-5-3-6-11(9-10)15-12(16)13(14)7-4-8-13;/h3,5-6,9H,2,4,7-8,14H2,1H3,(H,15,16);1H. The molecule has 2 rings (SSSR count). The molecule has 1 saturated carbocycles. The normalized spacial score (nSPS) is 16.6. The van der Waals surface area contributed by atoms with Crippen LogP contribution in [-0.4, -0.2) is 11.4 Å². The molecule has 0 heterocycles. The molecule has 0 radical (unpaired) electrons. The second kappa shape index (κ2) is 5.52. The first-order valence-corrected chi connectivity index (χ1v) is 5.83. The van der Waals surface area contributed by atoms with E-state index in [1.54, 1.807) is 0 Å². The van der Waals surface area contributed by atoms with Crippen LogP contribution in [0.5, 0.6) is 0 Å². The van der Waals surface area contributed by atoms with Crippen LogP contribution in [0.25, 0.3) is 0 Å². The quantitative estimate of drug-likeness (QED) is 0.871. The summed E-state index contributed by atoms with van der Waals surface area (Å²) in [5.74, 6) is -0.0491. The van der Waals surface area contributed by atoms with Crippen molar-refractivity contribution in [3.05, 3.63) is 29.8 Å². The predicted octanol–water partition coefficient (Wildman–Crippen LogP) is 2.49. The van der Waals surface area contributed by atoms with Gasteiger partial charge in [-0.3, -0.25) is 4.79 Å². The lowest BCUT2D eigenvalue weighted by Crippen LogP contribution is -2.56. The zero-order valence-electron chi connectivity index (χ0n) is 10.0. The highest BCUT2D eigenvalue weighted by atomic mass is 35.5. The molecule has 1 fully saturated rings. The highest BCUT2D eigenvalue weighted by molar-refractivity contribution is 5.98. The summed E-state index contributed by atoms with van der Waals surface area (Å²) in [5, 5.41) is 2.90. The van der Waals surface area contributed by atoms with Gasteiger partial charge in [-0.05, 0) is 43.4 Å². The number of anilines is 1. The number of halogens is 1. The van der Waals surface area contributed by atoms with E-state index in [-0.39, 0.29) is 18.3 Å². The number of rotatable bonds is 3. The van der Waals surface area contributed by atoms with Gasteiger partial charge in [0.1, 0.15) is 0 Å². The molecule has 0 atom stereocenters. The highest BCUT2D eigenvalue weighted by Gasteiger charge is 2.40. The van der Waals surface area contributed by atoms with Gasteiger partial charge in [0.05, 0.1) is 5.54 Å². The Kier molecular flexibility index (Phi) is 4.54. The first-order chi connectivity index (χ1) is 7.64. The van der Waals surface area contributed by atoms with E-state index in [1.165, 1.54) is 5.56 Å². The van der Waals surface area contributed by atoms with Gasteiger partial charge in [-0.2, -0.15) is 0 Å². The minimum absolute atomic E-state index is 0. The summed E-state index contributed by atoms with van der Waals surface area (Å²) in [7, 11) is 0. The van der Waals surface area contributed by atoms with E-state index in [9.17, 15) is 4.79 Å². The van der Waals surface area contributed by atoms with Crippen LogP contribution in [0, 0.1) is 0 Å². The van der Waals surface area contributed by atoms with Crippen LogP contribution in [0.2, 0.25) is 0 Å². The minimum Gasteiger partial charge on any atom is -0.324 e. The fraction of sp³-hybridized carbons (Fsp3) is 0.462. The molecule has 0 aliphatic heterocycles. The van der Waals surface area contributed by atoms with Crippen molar-refractivity contribution in [3.8, 4) is 0 Å². The monoisotopic (exact) mass is 254 g/mol. The molecular formula is C13H19ClN2O. The summed E-state index contributed by atoms with van der Waals surface area (Å²) in [5.41, 5.74) is 7.40. The molecule has 1 aliphatic carbocycles. The van der Waals surface area contributed by atoms with Gasteiger partial charge in [0, 0.05) is 5.69 Å². The van der Waals surface area contributed by atoms with Crippen molar-refractivity contribution in [2.45, 2.75) is 38.1 Å². The summed E-state index contributed by atoms with van der Waals surface area (Å²) in [6.45, 7) is 2.09. The fourth-order valence-corrected chi connectivity index (χ4v) is 1.91. The number of carbonyl (C=O) groups excluding carboxylic acids is 1. The third-order valence-electron chi connectivity index (χ3n) is 3.29. The molecule has 0 bridgehead atoms. The second-order valence-corrected chi connectivity index (χ2v) is 4.52. The van der Waals surface area contributed by atoms with Crippen molar-refractivity contribution < 1.29 is 4.79 Å².